The quantitative estimate of drug-likeness (QED) is 0.279. The summed E-state index contributed by atoms with van der Waals surface area (Å²) in [5.74, 6) is 3.02. The zero-order chi connectivity index (χ0) is 23.6. The number of hydrogen-bond acceptors (Lipinski definition) is 6. The number of carbonyl (C=O) groups is 1. The first-order valence-electron chi connectivity index (χ1n) is 12.2. The molecule has 1 aromatic carbocycles. The van der Waals surface area contributed by atoms with Gasteiger partial charge in [-0.15, -0.1) is 0 Å². The van der Waals surface area contributed by atoms with Gasteiger partial charge in [-0.25, -0.2) is 4.98 Å². The second-order valence-corrected chi connectivity index (χ2v) is 8.92. The highest BCUT2D eigenvalue weighted by Crippen LogP contribution is 2.28. The molecular weight excluding hydrogens is 430 g/mol. The second-order valence-electron chi connectivity index (χ2n) is 8.92. The topological polar surface area (TPSA) is 69.7 Å². The van der Waals surface area contributed by atoms with E-state index in [4.69, 9.17) is 18.9 Å². The number of esters is 1. The first-order chi connectivity index (χ1) is 16.7. The lowest BCUT2D eigenvalue weighted by Gasteiger charge is -2.31. The van der Waals surface area contributed by atoms with Crippen LogP contribution in [0.3, 0.4) is 0 Å². The number of aryl methyl sites for hydroxylation is 1. The van der Waals surface area contributed by atoms with Crippen LogP contribution in [0, 0.1) is 0 Å². The molecule has 2 aromatic heterocycles. The van der Waals surface area contributed by atoms with E-state index in [0.29, 0.717) is 18.3 Å². The van der Waals surface area contributed by atoms with Gasteiger partial charge >= 0.3 is 5.97 Å². The van der Waals surface area contributed by atoms with E-state index in [1.165, 1.54) is 18.3 Å². The molecule has 182 valence electrons. The third kappa shape index (κ3) is 7.30. The molecule has 0 amide bonds. The summed E-state index contributed by atoms with van der Waals surface area (Å²) in [4.78, 5) is 18.1. The molecule has 3 aromatic rings. The van der Waals surface area contributed by atoms with Crippen LogP contribution in [-0.4, -0.2) is 40.1 Å². The Hall–Kier alpha value is -2.90. The number of benzene rings is 1. The fraction of sp³-hybridized carbons (Fsp3) is 0.481. The first kappa shape index (κ1) is 24.2. The number of ether oxygens (including phenoxy) is 2. The average molecular weight is 466 g/mol. The number of piperidine rings is 1. The van der Waals surface area contributed by atoms with Gasteiger partial charge in [-0.05, 0) is 56.5 Å². The summed E-state index contributed by atoms with van der Waals surface area (Å²) < 4.78 is 18.9. The second kappa shape index (κ2) is 12.5. The van der Waals surface area contributed by atoms with Gasteiger partial charge in [0.05, 0.1) is 13.2 Å². The molecule has 0 N–H and O–H groups in total. The van der Waals surface area contributed by atoms with E-state index in [1.807, 2.05) is 36.5 Å². The SMILES string of the molecule is CC(=O)OCc1ccc(CN2CCC(c3nccn3CCCCOCc3ccccc3)CC2)o1. The highest BCUT2D eigenvalue weighted by atomic mass is 16.5. The number of carbonyl (C=O) groups excluding carboxylic acids is 1. The molecule has 0 atom stereocenters. The van der Waals surface area contributed by atoms with Crippen molar-refractivity contribution in [2.75, 3.05) is 19.7 Å². The standard InChI is InChI=1S/C27H35N3O4/c1-22(31)33-21-26-10-9-25(34-26)19-29-15-11-24(12-16-29)27-28-13-17-30(27)14-5-6-18-32-20-23-7-3-2-4-8-23/h2-4,7-10,13,17,24H,5-6,11-12,14-16,18-21H2,1H3. The van der Waals surface area contributed by atoms with E-state index in [2.05, 4.69) is 27.8 Å². The van der Waals surface area contributed by atoms with Crippen molar-refractivity contribution in [1.29, 1.82) is 0 Å². The molecule has 7 nitrogen and oxygen atoms in total. The Labute approximate surface area is 201 Å². The average Bonchev–Trinajstić information content (AvgIpc) is 3.51. The third-order valence-corrected chi connectivity index (χ3v) is 6.26. The largest absolute Gasteiger partial charge is 0.461 e. The molecule has 1 fully saturated rings. The Balaban J connectivity index is 1.15. The highest BCUT2D eigenvalue weighted by molar-refractivity contribution is 5.65. The summed E-state index contributed by atoms with van der Waals surface area (Å²) in [5.41, 5.74) is 1.22. The minimum atomic E-state index is -0.297. The van der Waals surface area contributed by atoms with E-state index >= 15 is 0 Å². The van der Waals surface area contributed by atoms with Gasteiger partial charge < -0.3 is 18.5 Å². The van der Waals surface area contributed by atoms with Crippen molar-refractivity contribution < 1.29 is 18.7 Å². The minimum absolute atomic E-state index is 0.194. The highest BCUT2D eigenvalue weighted by Gasteiger charge is 2.24. The predicted octanol–water partition coefficient (Wildman–Crippen LogP) is 4.92. The molecule has 7 heteroatoms. The Bertz CT molecular complexity index is 1010. The lowest BCUT2D eigenvalue weighted by Crippen LogP contribution is -2.33. The van der Waals surface area contributed by atoms with Gasteiger partial charge in [0, 0.05) is 38.4 Å². The maximum atomic E-state index is 11.0. The van der Waals surface area contributed by atoms with Crippen molar-refractivity contribution in [2.24, 2.45) is 0 Å². The van der Waals surface area contributed by atoms with Crippen LogP contribution in [0.15, 0.2) is 59.3 Å². The molecule has 0 unspecified atom stereocenters. The van der Waals surface area contributed by atoms with Gasteiger partial charge in [0.1, 0.15) is 24.0 Å². The van der Waals surface area contributed by atoms with Gasteiger partial charge in [-0.2, -0.15) is 0 Å². The summed E-state index contributed by atoms with van der Waals surface area (Å²) in [7, 11) is 0. The molecule has 1 aliphatic rings. The predicted molar refractivity (Wildman–Crippen MR) is 129 cm³/mol. The van der Waals surface area contributed by atoms with E-state index < -0.39 is 0 Å². The van der Waals surface area contributed by atoms with Crippen molar-refractivity contribution in [3.8, 4) is 0 Å². The maximum absolute atomic E-state index is 11.0. The molecule has 34 heavy (non-hydrogen) atoms. The number of hydrogen-bond donors (Lipinski definition) is 0. The number of nitrogens with zero attached hydrogens (tertiary/aromatic N) is 3. The summed E-state index contributed by atoms with van der Waals surface area (Å²) in [6.45, 7) is 6.87. The van der Waals surface area contributed by atoms with Crippen LogP contribution in [0.5, 0.6) is 0 Å². The van der Waals surface area contributed by atoms with Crippen molar-refractivity contribution >= 4 is 5.97 Å². The van der Waals surface area contributed by atoms with Crippen LogP contribution < -0.4 is 0 Å². The first-order valence-corrected chi connectivity index (χ1v) is 12.2. The zero-order valence-corrected chi connectivity index (χ0v) is 20.0. The van der Waals surface area contributed by atoms with E-state index in [1.54, 1.807) is 0 Å². The fourth-order valence-corrected chi connectivity index (χ4v) is 4.45. The molecular formula is C27H35N3O4. The van der Waals surface area contributed by atoms with Gasteiger partial charge in [0.25, 0.3) is 0 Å². The molecule has 0 saturated carbocycles. The number of imidazole rings is 1. The molecule has 1 aliphatic heterocycles. The number of rotatable bonds is 12. The number of unbranched alkanes of at least 4 members (excludes halogenated alkanes) is 1. The lowest BCUT2D eigenvalue weighted by molar-refractivity contribution is -0.142. The minimum Gasteiger partial charge on any atom is -0.461 e. The molecule has 0 bridgehead atoms. The Morgan fingerprint density at radius 3 is 2.65 bits per heavy atom. The van der Waals surface area contributed by atoms with Gasteiger partial charge in [0.2, 0.25) is 0 Å². The van der Waals surface area contributed by atoms with Crippen molar-refractivity contribution in [3.63, 3.8) is 0 Å². The fourth-order valence-electron chi connectivity index (χ4n) is 4.45. The number of likely N-dealkylation sites (tertiary alicyclic amines) is 1. The van der Waals surface area contributed by atoms with E-state index in [9.17, 15) is 4.79 Å². The van der Waals surface area contributed by atoms with Crippen LogP contribution in [0.25, 0.3) is 0 Å². The van der Waals surface area contributed by atoms with Gasteiger partial charge in [-0.1, -0.05) is 30.3 Å². The van der Waals surface area contributed by atoms with Crippen LogP contribution in [0.4, 0.5) is 0 Å². The number of furan rings is 1. The Morgan fingerprint density at radius 1 is 1.06 bits per heavy atom. The smallest absolute Gasteiger partial charge is 0.303 e. The van der Waals surface area contributed by atoms with Crippen LogP contribution in [-0.2, 0) is 40.6 Å². The van der Waals surface area contributed by atoms with E-state index in [0.717, 1.165) is 64.2 Å². The maximum Gasteiger partial charge on any atom is 0.303 e. The van der Waals surface area contributed by atoms with Crippen LogP contribution in [0.2, 0.25) is 0 Å². The monoisotopic (exact) mass is 465 g/mol. The molecule has 0 aliphatic carbocycles. The lowest BCUT2D eigenvalue weighted by atomic mass is 9.95. The number of aromatic nitrogens is 2. The zero-order valence-electron chi connectivity index (χ0n) is 20.0. The summed E-state index contributed by atoms with van der Waals surface area (Å²) in [6, 6.07) is 14.2. The Kier molecular flexibility index (Phi) is 8.93. The van der Waals surface area contributed by atoms with Crippen molar-refractivity contribution in [3.05, 3.63) is 77.8 Å². The van der Waals surface area contributed by atoms with Gasteiger partial charge in [-0.3, -0.25) is 9.69 Å². The van der Waals surface area contributed by atoms with Gasteiger partial charge in [0.15, 0.2) is 0 Å². The normalized spacial score (nSPS) is 15.0. The van der Waals surface area contributed by atoms with E-state index in [-0.39, 0.29) is 12.6 Å². The summed E-state index contributed by atoms with van der Waals surface area (Å²) in [6.07, 6.45) is 8.37. The third-order valence-electron chi connectivity index (χ3n) is 6.26. The summed E-state index contributed by atoms with van der Waals surface area (Å²) in [5, 5.41) is 0. The van der Waals surface area contributed by atoms with Crippen molar-refractivity contribution in [1.82, 2.24) is 14.5 Å². The molecule has 0 radical (unpaired) electrons. The Morgan fingerprint density at radius 2 is 1.85 bits per heavy atom. The molecule has 4 rings (SSSR count). The van der Waals surface area contributed by atoms with Crippen LogP contribution in [0.1, 0.15) is 61.4 Å². The molecule has 1 saturated heterocycles. The molecule has 0 spiro atoms. The summed E-state index contributed by atoms with van der Waals surface area (Å²) >= 11 is 0. The van der Waals surface area contributed by atoms with Crippen molar-refractivity contribution in [2.45, 2.75) is 64.8 Å². The van der Waals surface area contributed by atoms with Crippen LogP contribution >= 0.6 is 0 Å². The molecule has 3 heterocycles.